The van der Waals surface area contributed by atoms with E-state index < -0.39 is 23.5 Å². The van der Waals surface area contributed by atoms with E-state index in [1.165, 1.54) is 14.0 Å². The third kappa shape index (κ3) is 2.32. The highest BCUT2D eigenvalue weighted by atomic mass is 16.6. The van der Waals surface area contributed by atoms with E-state index in [4.69, 9.17) is 20.9 Å². The summed E-state index contributed by atoms with van der Waals surface area (Å²) in [5.74, 6) is -1.64. The molecule has 0 radical (unpaired) electrons. The van der Waals surface area contributed by atoms with Gasteiger partial charge in [-0.25, -0.2) is 4.79 Å². The van der Waals surface area contributed by atoms with E-state index in [1.54, 1.807) is 9.80 Å². The van der Waals surface area contributed by atoms with Gasteiger partial charge in [0.25, 0.3) is 0 Å². The first kappa shape index (κ1) is 19.4. The third-order valence-electron chi connectivity index (χ3n) is 6.44. The summed E-state index contributed by atoms with van der Waals surface area (Å²) in [6.45, 7) is 3.52. The molecule has 10 heteroatoms. The van der Waals surface area contributed by atoms with Crippen LogP contribution in [0, 0.1) is 5.92 Å². The van der Waals surface area contributed by atoms with E-state index in [-0.39, 0.29) is 52.9 Å². The lowest BCUT2D eigenvalue weighted by Gasteiger charge is -2.41. The monoisotopic (exact) mass is 404 g/mol. The van der Waals surface area contributed by atoms with Gasteiger partial charge in [-0.2, -0.15) is 0 Å². The van der Waals surface area contributed by atoms with Crippen molar-refractivity contribution in [3.8, 4) is 0 Å². The van der Waals surface area contributed by atoms with Crippen molar-refractivity contribution in [2.45, 2.75) is 44.5 Å². The average molecular weight is 404 g/mol. The minimum absolute atomic E-state index is 0.00973. The van der Waals surface area contributed by atoms with Gasteiger partial charge in [0.05, 0.1) is 23.4 Å². The number of methoxy groups -OCH3 is 1. The van der Waals surface area contributed by atoms with Gasteiger partial charge in [-0.05, 0) is 13.3 Å². The van der Waals surface area contributed by atoms with Crippen LogP contribution in [0.2, 0.25) is 0 Å². The standard InChI is InChI=1S/C19H24N4O6/c1-4-5-11(24)23-10-6-22-14-12(16(26)13(20)8(2)15(14)25)9(7-29-18(21)27)19(22,28-3)17(10)23/h9-10,17H,4-7,20H2,1-3H3,(H2,21,27). The van der Waals surface area contributed by atoms with E-state index in [1.807, 2.05) is 6.92 Å². The van der Waals surface area contributed by atoms with Gasteiger partial charge in [-0.1, -0.05) is 6.92 Å². The number of hydrogen-bond donors (Lipinski definition) is 2. The van der Waals surface area contributed by atoms with Crippen molar-refractivity contribution in [3.63, 3.8) is 0 Å². The van der Waals surface area contributed by atoms with Crippen molar-refractivity contribution in [1.29, 1.82) is 0 Å². The number of ether oxygens (including phenoxy) is 2. The fourth-order valence-electron chi connectivity index (χ4n) is 5.16. The molecule has 10 nitrogen and oxygen atoms in total. The van der Waals surface area contributed by atoms with Gasteiger partial charge in [-0.15, -0.1) is 0 Å². The van der Waals surface area contributed by atoms with Crippen molar-refractivity contribution >= 4 is 23.6 Å². The van der Waals surface area contributed by atoms with Gasteiger partial charge in [-0.3, -0.25) is 14.4 Å². The second-order valence-electron chi connectivity index (χ2n) is 7.77. The molecule has 156 valence electrons. The van der Waals surface area contributed by atoms with Gasteiger partial charge in [0.2, 0.25) is 17.5 Å². The number of ketones is 2. The summed E-state index contributed by atoms with van der Waals surface area (Å²) in [7, 11) is 1.46. The van der Waals surface area contributed by atoms with Crippen LogP contribution in [0.5, 0.6) is 0 Å². The maximum Gasteiger partial charge on any atom is 0.404 e. The largest absolute Gasteiger partial charge is 0.449 e. The molecule has 0 saturated carbocycles. The molecule has 4 unspecified atom stereocenters. The molecule has 1 aliphatic carbocycles. The number of amides is 2. The molecule has 3 aliphatic heterocycles. The summed E-state index contributed by atoms with van der Waals surface area (Å²) in [4.78, 5) is 53.4. The first-order chi connectivity index (χ1) is 13.7. The topological polar surface area (TPSA) is 145 Å². The van der Waals surface area contributed by atoms with Crippen LogP contribution in [0.25, 0.3) is 0 Å². The Morgan fingerprint density at radius 3 is 2.55 bits per heavy atom. The van der Waals surface area contributed by atoms with Crippen LogP contribution in [-0.4, -0.2) is 71.4 Å². The quantitative estimate of drug-likeness (QED) is 0.456. The second kappa shape index (κ2) is 6.31. The highest BCUT2D eigenvalue weighted by molar-refractivity contribution is 6.25. The van der Waals surface area contributed by atoms with E-state index in [0.717, 1.165) is 0 Å². The lowest BCUT2D eigenvalue weighted by Crippen LogP contribution is -2.56. The molecule has 2 amide bonds. The Morgan fingerprint density at radius 1 is 1.28 bits per heavy atom. The molecule has 2 fully saturated rings. The van der Waals surface area contributed by atoms with Crippen molar-refractivity contribution in [2.75, 3.05) is 20.3 Å². The fourth-order valence-corrected chi connectivity index (χ4v) is 5.16. The Hall–Kier alpha value is -2.88. The molecule has 29 heavy (non-hydrogen) atoms. The molecule has 0 aromatic rings. The van der Waals surface area contributed by atoms with Gasteiger partial charge >= 0.3 is 6.09 Å². The number of fused-ring (bicyclic) bond motifs is 4. The Bertz CT molecular complexity index is 908. The molecule has 0 spiro atoms. The molecule has 2 saturated heterocycles. The number of piperazine rings is 1. The summed E-state index contributed by atoms with van der Waals surface area (Å²) in [5, 5.41) is 0. The fraction of sp³-hybridized carbons (Fsp3) is 0.579. The van der Waals surface area contributed by atoms with Crippen molar-refractivity contribution in [2.24, 2.45) is 17.4 Å². The number of nitrogens with two attached hydrogens (primary N) is 2. The average Bonchev–Trinajstić information content (AvgIpc) is 3.19. The maximum atomic E-state index is 13.0. The van der Waals surface area contributed by atoms with Crippen molar-refractivity contribution in [1.82, 2.24) is 9.80 Å². The molecule has 4 aliphatic rings. The normalized spacial score (nSPS) is 32.4. The van der Waals surface area contributed by atoms with Crippen LogP contribution in [0.3, 0.4) is 0 Å². The first-order valence-corrected chi connectivity index (χ1v) is 9.58. The third-order valence-corrected chi connectivity index (χ3v) is 6.44. The smallest absolute Gasteiger partial charge is 0.404 e. The zero-order valence-electron chi connectivity index (χ0n) is 16.6. The van der Waals surface area contributed by atoms with Gasteiger partial charge in [0.15, 0.2) is 5.72 Å². The molecule has 0 bridgehead atoms. The minimum Gasteiger partial charge on any atom is -0.449 e. The highest BCUT2D eigenvalue weighted by Gasteiger charge is 2.77. The summed E-state index contributed by atoms with van der Waals surface area (Å²) in [6.07, 6.45) is 0.0988. The number of hydrogen-bond acceptors (Lipinski definition) is 8. The van der Waals surface area contributed by atoms with E-state index in [9.17, 15) is 19.2 Å². The summed E-state index contributed by atoms with van der Waals surface area (Å²) >= 11 is 0. The Balaban J connectivity index is 1.79. The number of allylic oxidation sites excluding steroid dienone is 2. The lowest BCUT2D eigenvalue weighted by atomic mass is 9.82. The zero-order chi connectivity index (χ0) is 21.2. The predicted octanol–water partition coefficient (Wildman–Crippen LogP) is -0.612. The number of Topliss-reactive ketones (excluding diaryl/α,β-unsaturated/α-hetero) is 2. The second-order valence-corrected chi connectivity index (χ2v) is 7.77. The van der Waals surface area contributed by atoms with Crippen LogP contribution in [0.15, 0.2) is 22.5 Å². The molecule has 0 aromatic heterocycles. The molecule has 0 aromatic carbocycles. The van der Waals surface area contributed by atoms with Crippen LogP contribution in [-0.2, 0) is 23.9 Å². The van der Waals surface area contributed by atoms with Gasteiger partial charge < -0.3 is 30.7 Å². The molecular formula is C19H24N4O6. The van der Waals surface area contributed by atoms with Crippen molar-refractivity contribution in [3.05, 3.63) is 22.5 Å². The highest BCUT2D eigenvalue weighted by Crippen LogP contribution is 2.59. The molecular weight excluding hydrogens is 380 g/mol. The summed E-state index contributed by atoms with van der Waals surface area (Å²) < 4.78 is 11.0. The van der Waals surface area contributed by atoms with Crippen LogP contribution in [0.1, 0.15) is 26.7 Å². The summed E-state index contributed by atoms with van der Waals surface area (Å²) in [6, 6.07) is -0.494. The Labute approximate surface area is 167 Å². The van der Waals surface area contributed by atoms with Crippen LogP contribution in [0.4, 0.5) is 4.79 Å². The molecule has 3 heterocycles. The van der Waals surface area contributed by atoms with Gasteiger partial charge in [0, 0.05) is 31.2 Å². The summed E-state index contributed by atoms with van der Waals surface area (Å²) in [5.41, 5.74) is 10.3. The molecule has 4 N–H and O–H groups in total. The van der Waals surface area contributed by atoms with E-state index >= 15 is 0 Å². The zero-order valence-corrected chi connectivity index (χ0v) is 16.6. The number of carbonyl (C=O) groups is 4. The SMILES string of the molecule is CCCC(=O)N1C2CN3C4=C(C(=O)C(N)=C(C)C4=O)C(COC(N)=O)C3(OC)C21. The van der Waals surface area contributed by atoms with E-state index in [2.05, 4.69) is 0 Å². The number of nitrogens with zero attached hydrogens (tertiary/aromatic N) is 2. The lowest BCUT2D eigenvalue weighted by molar-refractivity contribution is -0.153. The Kier molecular flexibility index (Phi) is 4.23. The predicted molar refractivity (Wildman–Crippen MR) is 98.7 cm³/mol. The number of carbonyl (C=O) groups excluding carboxylic acids is 4. The van der Waals surface area contributed by atoms with E-state index in [0.29, 0.717) is 19.4 Å². The molecule has 4 atom stereocenters. The number of primary amides is 1. The Morgan fingerprint density at radius 2 is 1.97 bits per heavy atom. The van der Waals surface area contributed by atoms with Gasteiger partial charge in [0.1, 0.15) is 12.6 Å². The van der Waals surface area contributed by atoms with Crippen LogP contribution >= 0.6 is 0 Å². The first-order valence-electron chi connectivity index (χ1n) is 9.58. The van der Waals surface area contributed by atoms with Crippen LogP contribution < -0.4 is 11.5 Å². The number of rotatable bonds is 5. The van der Waals surface area contributed by atoms with Crippen molar-refractivity contribution < 1.29 is 28.7 Å². The minimum atomic E-state index is -1.19. The maximum absolute atomic E-state index is 13.0. The molecule has 4 rings (SSSR count).